The number of nitriles is 1. The minimum absolute atomic E-state index is 0.219. The van der Waals surface area contributed by atoms with Gasteiger partial charge < -0.3 is 15.1 Å². The number of aromatic nitrogens is 2. The standard InChI is InChI=1S/C24H27FN6/c1-16-18(5-4-6-19(16)15-26)7-8-27-24-21-14-23(31-11-9-30(3)10-12-31)22(25)13-20(21)17(2)28-29-24/h4-6,13-14H,7-12H2,1-3H3,(H,27,29). The Hall–Kier alpha value is -3.24. The molecule has 0 radical (unpaired) electrons. The van der Waals surface area contributed by atoms with E-state index in [4.69, 9.17) is 0 Å². The highest BCUT2D eigenvalue weighted by molar-refractivity contribution is 5.95. The molecule has 1 N–H and O–H groups in total. The zero-order valence-electron chi connectivity index (χ0n) is 18.2. The molecular weight excluding hydrogens is 391 g/mol. The Bertz CT molecular complexity index is 1140. The van der Waals surface area contributed by atoms with Gasteiger partial charge in [0.25, 0.3) is 0 Å². The minimum Gasteiger partial charge on any atom is -0.368 e. The highest BCUT2D eigenvalue weighted by Crippen LogP contribution is 2.31. The molecule has 0 bridgehead atoms. The molecule has 7 heteroatoms. The summed E-state index contributed by atoms with van der Waals surface area (Å²) in [7, 11) is 2.09. The molecule has 2 aromatic carbocycles. The first-order valence-electron chi connectivity index (χ1n) is 10.6. The number of aryl methyl sites for hydroxylation is 1. The van der Waals surface area contributed by atoms with Crippen LogP contribution >= 0.6 is 0 Å². The summed E-state index contributed by atoms with van der Waals surface area (Å²) in [5.74, 6) is 0.438. The molecule has 0 atom stereocenters. The summed E-state index contributed by atoms with van der Waals surface area (Å²) in [4.78, 5) is 4.35. The van der Waals surface area contributed by atoms with Gasteiger partial charge in [-0.15, -0.1) is 5.10 Å². The third-order valence-electron chi connectivity index (χ3n) is 6.13. The molecule has 0 aliphatic carbocycles. The van der Waals surface area contributed by atoms with Crippen molar-refractivity contribution in [3.8, 4) is 6.07 Å². The van der Waals surface area contributed by atoms with Crippen molar-refractivity contribution in [2.75, 3.05) is 50.0 Å². The summed E-state index contributed by atoms with van der Waals surface area (Å²) in [6.07, 6.45) is 0.755. The maximum Gasteiger partial charge on any atom is 0.156 e. The normalized spacial score (nSPS) is 14.6. The lowest BCUT2D eigenvalue weighted by atomic mass is 10.0. The van der Waals surface area contributed by atoms with Crippen LogP contribution in [0.15, 0.2) is 30.3 Å². The molecule has 0 spiro atoms. The number of anilines is 2. The number of halogens is 1. The van der Waals surface area contributed by atoms with E-state index in [2.05, 4.69) is 38.4 Å². The van der Waals surface area contributed by atoms with Gasteiger partial charge in [0.1, 0.15) is 5.82 Å². The molecule has 2 heterocycles. The summed E-state index contributed by atoms with van der Waals surface area (Å²) in [6.45, 7) is 7.89. The van der Waals surface area contributed by atoms with E-state index in [-0.39, 0.29) is 5.82 Å². The lowest BCUT2D eigenvalue weighted by Gasteiger charge is -2.34. The Kier molecular flexibility index (Phi) is 6.01. The molecule has 1 aliphatic heterocycles. The van der Waals surface area contributed by atoms with Crippen LogP contribution in [0.3, 0.4) is 0 Å². The second-order valence-corrected chi connectivity index (χ2v) is 8.15. The number of likely N-dealkylation sites (N-methyl/N-ethyl adjacent to an activating group) is 1. The predicted molar refractivity (Wildman–Crippen MR) is 122 cm³/mol. The molecule has 0 amide bonds. The molecule has 160 valence electrons. The average Bonchev–Trinajstić information content (AvgIpc) is 2.77. The van der Waals surface area contributed by atoms with Crippen molar-refractivity contribution in [1.29, 1.82) is 5.26 Å². The number of hydrogen-bond acceptors (Lipinski definition) is 6. The molecule has 1 saturated heterocycles. The molecule has 1 aromatic heterocycles. The summed E-state index contributed by atoms with van der Waals surface area (Å²) in [5.41, 5.74) is 4.16. The number of nitrogens with one attached hydrogen (secondary N) is 1. The van der Waals surface area contributed by atoms with Gasteiger partial charge in [-0.05, 0) is 56.6 Å². The van der Waals surface area contributed by atoms with E-state index in [0.717, 1.165) is 54.5 Å². The van der Waals surface area contributed by atoms with Crippen LogP contribution in [0.4, 0.5) is 15.9 Å². The van der Waals surface area contributed by atoms with Gasteiger partial charge in [-0.25, -0.2) is 4.39 Å². The Morgan fingerprint density at radius 1 is 1.10 bits per heavy atom. The number of rotatable bonds is 5. The predicted octanol–water partition coefficient (Wildman–Crippen LogP) is 3.66. The lowest BCUT2D eigenvalue weighted by molar-refractivity contribution is 0.312. The van der Waals surface area contributed by atoms with E-state index in [0.29, 0.717) is 29.3 Å². The fourth-order valence-electron chi connectivity index (χ4n) is 4.10. The summed E-state index contributed by atoms with van der Waals surface area (Å²) in [6, 6.07) is 11.5. The van der Waals surface area contributed by atoms with Crippen molar-refractivity contribution in [2.45, 2.75) is 20.3 Å². The molecule has 6 nitrogen and oxygen atoms in total. The topological polar surface area (TPSA) is 68.1 Å². The van der Waals surface area contributed by atoms with Crippen LogP contribution < -0.4 is 10.2 Å². The molecule has 1 fully saturated rings. The second kappa shape index (κ2) is 8.86. The van der Waals surface area contributed by atoms with E-state index in [9.17, 15) is 9.65 Å². The van der Waals surface area contributed by atoms with Gasteiger partial charge in [0.2, 0.25) is 0 Å². The first-order valence-corrected chi connectivity index (χ1v) is 10.6. The van der Waals surface area contributed by atoms with Crippen molar-refractivity contribution < 1.29 is 4.39 Å². The fourth-order valence-corrected chi connectivity index (χ4v) is 4.10. The zero-order valence-corrected chi connectivity index (χ0v) is 18.2. The number of nitrogens with zero attached hydrogens (tertiary/aromatic N) is 5. The third-order valence-corrected chi connectivity index (χ3v) is 6.13. The molecular formula is C24H27FN6. The number of piperazine rings is 1. The molecule has 0 saturated carbocycles. The maximum absolute atomic E-state index is 15.0. The van der Waals surface area contributed by atoms with E-state index < -0.39 is 0 Å². The third kappa shape index (κ3) is 4.30. The first kappa shape index (κ1) is 21.0. The Morgan fingerprint density at radius 2 is 1.87 bits per heavy atom. The first-order chi connectivity index (χ1) is 15.0. The number of benzene rings is 2. The molecule has 1 aliphatic rings. The van der Waals surface area contributed by atoms with E-state index in [1.165, 1.54) is 0 Å². The van der Waals surface area contributed by atoms with E-state index >= 15 is 0 Å². The number of fused-ring (bicyclic) bond motifs is 1. The van der Waals surface area contributed by atoms with Crippen LogP contribution in [-0.4, -0.2) is 54.9 Å². The molecule has 0 unspecified atom stereocenters. The van der Waals surface area contributed by atoms with Crippen LogP contribution in [0.2, 0.25) is 0 Å². The quantitative estimate of drug-likeness (QED) is 0.682. The van der Waals surface area contributed by atoms with Crippen molar-refractivity contribution in [3.63, 3.8) is 0 Å². The smallest absolute Gasteiger partial charge is 0.156 e. The van der Waals surface area contributed by atoms with Gasteiger partial charge in [-0.3, -0.25) is 0 Å². The van der Waals surface area contributed by atoms with Crippen molar-refractivity contribution in [2.24, 2.45) is 0 Å². The van der Waals surface area contributed by atoms with Crippen molar-refractivity contribution in [3.05, 3.63) is 58.5 Å². The average molecular weight is 419 g/mol. The van der Waals surface area contributed by atoms with Gasteiger partial charge in [-0.1, -0.05) is 12.1 Å². The van der Waals surface area contributed by atoms with Crippen LogP contribution in [0.1, 0.15) is 22.4 Å². The fraction of sp³-hybridized carbons (Fsp3) is 0.375. The highest BCUT2D eigenvalue weighted by Gasteiger charge is 2.20. The van der Waals surface area contributed by atoms with E-state index in [1.807, 2.05) is 38.1 Å². The molecule has 31 heavy (non-hydrogen) atoms. The van der Waals surface area contributed by atoms with Gasteiger partial charge in [0.15, 0.2) is 5.82 Å². The summed E-state index contributed by atoms with van der Waals surface area (Å²) >= 11 is 0. The maximum atomic E-state index is 15.0. The minimum atomic E-state index is -0.219. The Balaban J connectivity index is 1.60. The Labute approximate surface area is 182 Å². The van der Waals surface area contributed by atoms with Gasteiger partial charge >= 0.3 is 0 Å². The largest absolute Gasteiger partial charge is 0.368 e. The summed E-state index contributed by atoms with van der Waals surface area (Å²) < 4.78 is 15.0. The van der Waals surface area contributed by atoms with Gasteiger partial charge in [0, 0.05) is 43.5 Å². The number of hydrogen-bond donors (Lipinski definition) is 1. The van der Waals surface area contributed by atoms with Crippen LogP contribution in [0.5, 0.6) is 0 Å². The van der Waals surface area contributed by atoms with Crippen LogP contribution in [0.25, 0.3) is 10.8 Å². The molecule has 4 rings (SSSR count). The SMILES string of the molecule is Cc1c(C#N)cccc1CCNc1nnc(C)c2cc(F)c(N3CCN(C)CC3)cc12. The second-order valence-electron chi connectivity index (χ2n) is 8.15. The lowest BCUT2D eigenvalue weighted by Crippen LogP contribution is -2.44. The van der Waals surface area contributed by atoms with Crippen LogP contribution in [-0.2, 0) is 6.42 Å². The summed E-state index contributed by atoms with van der Waals surface area (Å²) in [5, 5.41) is 22.9. The Morgan fingerprint density at radius 3 is 2.61 bits per heavy atom. The zero-order chi connectivity index (χ0) is 22.0. The van der Waals surface area contributed by atoms with Gasteiger partial charge in [0.05, 0.1) is 23.0 Å². The highest BCUT2D eigenvalue weighted by atomic mass is 19.1. The molecule has 3 aromatic rings. The van der Waals surface area contributed by atoms with Crippen molar-refractivity contribution >= 4 is 22.3 Å². The van der Waals surface area contributed by atoms with Crippen molar-refractivity contribution in [1.82, 2.24) is 15.1 Å². The van der Waals surface area contributed by atoms with E-state index in [1.54, 1.807) is 6.07 Å². The van der Waals surface area contributed by atoms with Gasteiger partial charge in [-0.2, -0.15) is 10.4 Å². The monoisotopic (exact) mass is 418 g/mol. The van der Waals surface area contributed by atoms with Crippen LogP contribution in [0, 0.1) is 31.0 Å².